The van der Waals surface area contributed by atoms with Crippen LogP contribution in [0.15, 0.2) is 103 Å². The Bertz CT molecular complexity index is 2090. The topological polar surface area (TPSA) is 84.2 Å². The molecule has 0 aliphatic carbocycles. The van der Waals surface area contributed by atoms with Crippen molar-refractivity contribution in [2.45, 2.75) is 25.7 Å². The van der Waals surface area contributed by atoms with Gasteiger partial charge in [0.25, 0.3) is 5.91 Å². The number of rotatable bonds is 7. The summed E-state index contributed by atoms with van der Waals surface area (Å²) < 4.78 is 56.9. The highest BCUT2D eigenvalue weighted by Crippen LogP contribution is 2.35. The summed E-state index contributed by atoms with van der Waals surface area (Å²) in [6.45, 7) is 2.11. The molecule has 0 saturated carbocycles. The number of nitrogens with zero attached hydrogens (tertiary/aromatic N) is 2. The molecule has 2 heterocycles. The number of aromatic nitrogens is 2. The number of alkyl halides is 3. The van der Waals surface area contributed by atoms with E-state index in [1.54, 1.807) is 43.6 Å². The average Bonchev–Trinajstić information content (AvgIpc) is 3.42. The largest absolute Gasteiger partial charge is 0.478 e. The number of amides is 1. The molecule has 4 aromatic carbocycles. The average molecular weight is 612 g/mol. The number of carbonyl (C=O) groups is 2. The molecule has 0 bridgehead atoms. The molecule has 0 unspecified atom stereocenters. The third kappa shape index (κ3) is 6.12. The van der Waals surface area contributed by atoms with Gasteiger partial charge in [-0.25, -0.2) is 9.18 Å². The van der Waals surface area contributed by atoms with Crippen molar-refractivity contribution in [2.24, 2.45) is 0 Å². The number of nitrogens with one attached hydrogen (secondary N) is 1. The highest BCUT2D eigenvalue weighted by atomic mass is 19.4. The molecule has 6 nitrogen and oxygen atoms in total. The van der Waals surface area contributed by atoms with E-state index < -0.39 is 35.5 Å². The number of aromatic carboxylic acids is 1. The fourth-order valence-corrected chi connectivity index (χ4v) is 5.42. The van der Waals surface area contributed by atoms with Crippen molar-refractivity contribution in [3.63, 3.8) is 0 Å². The number of hydrogen-bond acceptors (Lipinski definition) is 3. The van der Waals surface area contributed by atoms with Gasteiger partial charge in [0.05, 0.1) is 33.8 Å². The summed E-state index contributed by atoms with van der Waals surface area (Å²) in [4.78, 5) is 29.6. The fraction of sp³-hybridized carbons (Fsp3) is 0.114. The third-order valence-corrected chi connectivity index (χ3v) is 7.69. The van der Waals surface area contributed by atoms with Crippen molar-refractivity contribution in [3.8, 4) is 11.1 Å². The van der Waals surface area contributed by atoms with Gasteiger partial charge in [0.15, 0.2) is 0 Å². The van der Waals surface area contributed by atoms with Crippen molar-refractivity contribution in [1.29, 1.82) is 0 Å². The van der Waals surface area contributed by atoms with Gasteiger partial charge in [0.1, 0.15) is 5.82 Å². The smallest absolute Gasteiger partial charge is 0.416 e. The van der Waals surface area contributed by atoms with Crippen LogP contribution in [0.4, 0.5) is 17.6 Å². The lowest BCUT2D eigenvalue weighted by Gasteiger charge is -2.17. The molecule has 226 valence electrons. The zero-order valence-electron chi connectivity index (χ0n) is 23.8. The second kappa shape index (κ2) is 11.5. The van der Waals surface area contributed by atoms with E-state index in [1.807, 2.05) is 34.9 Å². The van der Waals surface area contributed by atoms with Crippen molar-refractivity contribution >= 4 is 33.7 Å². The number of carboxylic acids is 1. The van der Waals surface area contributed by atoms with Crippen LogP contribution in [-0.4, -0.2) is 26.5 Å². The molecule has 0 fully saturated rings. The highest BCUT2D eigenvalue weighted by molar-refractivity contribution is 6.08. The molecule has 45 heavy (non-hydrogen) atoms. The van der Waals surface area contributed by atoms with E-state index in [0.29, 0.717) is 29.1 Å². The second-order valence-corrected chi connectivity index (χ2v) is 10.8. The molecular formula is C35H25F4N3O3. The van der Waals surface area contributed by atoms with Gasteiger partial charge in [-0.3, -0.25) is 9.78 Å². The number of pyridine rings is 1. The zero-order valence-corrected chi connectivity index (χ0v) is 23.8. The first-order chi connectivity index (χ1) is 21.5. The van der Waals surface area contributed by atoms with Gasteiger partial charge in [-0.05, 0) is 89.8 Å². The Labute approximate surface area is 254 Å². The minimum atomic E-state index is -4.76. The van der Waals surface area contributed by atoms with Gasteiger partial charge in [0.2, 0.25) is 0 Å². The number of carboxylic acid groups (broad SMARTS) is 1. The lowest BCUT2D eigenvalue weighted by Crippen LogP contribution is -2.27. The highest BCUT2D eigenvalue weighted by Gasteiger charge is 2.31. The number of carbonyl (C=O) groups excluding carboxylic acids is 1. The molecule has 1 atom stereocenters. The lowest BCUT2D eigenvalue weighted by atomic mass is 9.97. The molecule has 10 heteroatoms. The van der Waals surface area contributed by atoms with Crippen molar-refractivity contribution in [1.82, 2.24) is 14.9 Å². The maximum Gasteiger partial charge on any atom is 0.416 e. The maximum absolute atomic E-state index is 14.4. The van der Waals surface area contributed by atoms with E-state index in [0.717, 1.165) is 28.6 Å². The molecule has 0 saturated heterocycles. The first-order valence-electron chi connectivity index (χ1n) is 13.9. The van der Waals surface area contributed by atoms with Crippen LogP contribution in [0.25, 0.3) is 32.9 Å². The molecule has 2 aromatic heterocycles. The zero-order chi connectivity index (χ0) is 31.9. The van der Waals surface area contributed by atoms with Crippen LogP contribution < -0.4 is 5.32 Å². The van der Waals surface area contributed by atoms with Crippen LogP contribution in [-0.2, 0) is 12.7 Å². The number of benzene rings is 4. The predicted octanol–water partition coefficient (Wildman–Crippen LogP) is 8.25. The van der Waals surface area contributed by atoms with Crippen molar-refractivity contribution in [3.05, 3.63) is 137 Å². The van der Waals surface area contributed by atoms with E-state index in [4.69, 9.17) is 0 Å². The molecule has 0 spiro atoms. The minimum Gasteiger partial charge on any atom is -0.478 e. The number of fused-ring (bicyclic) bond motifs is 2. The van der Waals surface area contributed by atoms with Crippen LogP contribution >= 0.6 is 0 Å². The molecule has 1 amide bonds. The minimum absolute atomic E-state index is 0.0241. The van der Waals surface area contributed by atoms with E-state index in [1.165, 1.54) is 18.2 Å². The Balaban J connectivity index is 1.43. The fourth-order valence-electron chi connectivity index (χ4n) is 5.42. The normalized spacial score (nSPS) is 12.4. The SMILES string of the molecule is C[C@H](NC(=O)c1cc(-c2cc(F)cc(C(F)(F)F)c2)cc2ccn(Cc3ccc4cccnc4c3)c12)c1ccc(C(=O)O)cc1. The Kier molecular flexibility index (Phi) is 7.57. The summed E-state index contributed by atoms with van der Waals surface area (Å²) in [7, 11) is 0. The monoisotopic (exact) mass is 611 g/mol. The van der Waals surface area contributed by atoms with E-state index in [-0.39, 0.29) is 22.3 Å². The Morgan fingerprint density at radius 1 is 0.911 bits per heavy atom. The van der Waals surface area contributed by atoms with Gasteiger partial charge in [-0.2, -0.15) is 13.2 Å². The summed E-state index contributed by atoms with van der Waals surface area (Å²) in [5.74, 6) is -2.64. The van der Waals surface area contributed by atoms with E-state index in [9.17, 15) is 32.3 Å². The Morgan fingerprint density at radius 3 is 2.40 bits per heavy atom. The van der Waals surface area contributed by atoms with Gasteiger partial charge >= 0.3 is 12.1 Å². The Hall–Kier alpha value is -5.51. The van der Waals surface area contributed by atoms with Gasteiger partial charge < -0.3 is 15.0 Å². The van der Waals surface area contributed by atoms with E-state index >= 15 is 0 Å². The predicted molar refractivity (Wildman–Crippen MR) is 162 cm³/mol. The summed E-state index contributed by atoms with van der Waals surface area (Å²) in [6, 6.07) is 22.3. The quantitative estimate of drug-likeness (QED) is 0.178. The van der Waals surface area contributed by atoms with Gasteiger partial charge in [-0.15, -0.1) is 0 Å². The molecule has 0 radical (unpaired) electrons. The summed E-state index contributed by atoms with van der Waals surface area (Å²) in [5.41, 5.74) is 2.28. The first-order valence-corrected chi connectivity index (χ1v) is 13.9. The van der Waals surface area contributed by atoms with Crippen LogP contribution in [0.2, 0.25) is 0 Å². The number of halogens is 4. The lowest BCUT2D eigenvalue weighted by molar-refractivity contribution is -0.137. The molecule has 0 aliphatic heterocycles. The summed E-state index contributed by atoms with van der Waals surface area (Å²) in [5, 5.41) is 13.7. The number of hydrogen-bond donors (Lipinski definition) is 2. The summed E-state index contributed by atoms with van der Waals surface area (Å²) >= 11 is 0. The molecular weight excluding hydrogens is 586 g/mol. The standard InChI is InChI=1S/C35H25F4N3O3/c1-20(22-6-8-24(9-7-22)34(44)45)41-33(43)30-17-26(27-15-28(35(37,38)39)18-29(36)16-27)14-25-10-12-42(32(25)30)19-21-4-5-23-3-2-11-40-31(23)13-21/h2-18,20H,19H2,1H3,(H,41,43)(H,44,45)/t20-/m0/s1. The van der Waals surface area contributed by atoms with Crippen LogP contribution in [0, 0.1) is 5.82 Å². The van der Waals surface area contributed by atoms with Crippen LogP contribution in [0.3, 0.4) is 0 Å². The van der Waals surface area contributed by atoms with Crippen LogP contribution in [0.5, 0.6) is 0 Å². The van der Waals surface area contributed by atoms with Crippen LogP contribution in [0.1, 0.15) is 50.4 Å². The molecule has 0 aliphatic rings. The van der Waals surface area contributed by atoms with Gasteiger partial charge in [0, 0.05) is 29.7 Å². The summed E-state index contributed by atoms with van der Waals surface area (Å²) in [6.07, 6.45) is -1.27. The van der Waals surface area contributed by atoms with Gasteiger partial charge in [-0.1, -0.05) is 30.3 Å². The Morgan fingerprint density at radius 2 is 1.67 bits per heavy atom. The van der Waals surface area contributed by atoms with E-state index in [2.05, 4.69) is 10.3 Å². The van der Waals surface area contributed by atoms with Crippen molar-refractivity contribution in [2.75, 3.05) is 0 Å². The molecule has 2 N–H and O–H groups in total. The molecule has 6 rings (SSSR count). The van der Waals surface area contributed by atoms with Crippen molar-refractivity contribution < 1.29 is 32.3 Å². The third-order valence-electron chi connectivity index (χ3n) is 7.69. The molecule has 6 aromatic rings. The second-order valence-electron chi connectivity index (χ2n) is 10.8. The first kappa shape index (κ1) is 29.6. The maximum atomic E-state index is 14.4.